The predicted molar refractivity (Wildman–Crippen MR) is 54.3 cm³/mol. The van der Waals surface area contributed by atoms with Gasteiger partial charge in [0, 0.05) is 12.8 Å². The first kappa shape index (κ1) is 11.5. The van der Waals surface area contributed by atoms with Gasteiger partial charge in [0.25, 0.3) is 0 Å². The third kappa shape index (κ3) is 4.42. The lowest BCUT2D eigenvalue weighted by molar-refractivity contribution is -0.118. The van der Waals surface area contributed by atoms with Gasteiger partial charge in [0.1, 0.15) is 5.75 Å². The molecule has 1 aromatic rings. The number of aliphatic hydroxyl groups excluding tert-OH is 1. The maximum absolute atomic E-state index is 10.5. The van der Waals surface area contributed by atoms with Crippen LogP contribution in [0.2, 0.25) is 0 Å². The van der Waals surface area contributed by atoms with Crippen LogP contribution in [0.25, 0.3) is 0 Å². The highest BCUT2D eigenvalue weighted by molar-refractivity contribution is 5.73. The summed E-state index contributed by atoms with van der Waals surface area (Å²) in [6.07, 6.45) is 3.95. The fourth-order valence-corrected chi connectivity index (χ4v) is 1.08. The number of hydrogen-bond acceptors (Lipinski definition) is 4. The first-order valence-electron chi connectivity index (χ1n) is 4.68. The van der Waals surface area contributed by atoms with Crippen LogP contribution in [0.15, 0.2) is 18.5 Å². The van der Waals surface area contributed by atoms with Crippen LogP contribution in [-0.4, -0.2) is 29.2 Å². The number of primary amides is 1. The highest BCUT2D eigenvalue weighted by atomic mass is 16.5. The van der Waals surface area contributed by atoms with Crippen molar-refractivity contribution < 1.29 is 14.6 Å². The zero-order valence-electron chi connectivity index (χ0n) is 8.35. The molecule has 1 rings (SSSR count). The maximum Gasteiger partial charge on any atom is 0.220 e. The van der Waals surface area contributed by atoms with E-state index in [1.54, 1.807) is 18.5 Å². The number of amides is 1. The third-order valence-electron chi connectivity index (χ3n) is 1.79. The molecule has 0 atom stereocenters. The van der Waals surface area contributed by atoms with Crippen LogP contribution < -0.4 is 10.5 Å². The molecular weight excluding hydrogens is 196 g/mol. The first-order valence-corrected chi connectivity index (χ1v) is 4.68. The number of pyridine rings is 1. The van der Waals surface area contributed by atoms with Gasteiger partial charge >= 0.3 is 0 Å². The molecule has 0 aliphatic rings. The number of rotatable bonds is 6. The van der Waals surface area contributed by atoms with Crippen molar-refractivity contribution in [2.45, 2.75) is 12.8 Å². The molecule has 0 fully saturated rings. The topological polar surface area (TPSA) is 85.4 Å². The summed E-state index contributed by atoms with van der Waals surface area (Å²) in [5.74, 6) is 0.191. The first-order chi connectivity index (χ1) is 7.22. The molecule has 1 amide bonds. The molecule has 3 N–H and O–H groups in total. The van der Waals surface area contributed by atoms with Crippen LogP contribution in [0.3, 0.4) is 0 Å². The maximum atomic E-state index is 10.5. The number of ether oxygens (including phenoxy) is 1. The highest BCUT2D eigenvalue weighted by Gasteiger charge is 1.99. The number of carbonyl (C=O) groups excluding carboxylic acids is 1. The van der Waals surface area contributed by atoms with Gasteiger partial charge in [-0.1, -0.05) is 0 Å². The Kier molecular flexibility index (Phi) is 4.56. The fourth-order valence-electron chi connectivity index (χ4n) is 1.08. The summed E-state index contributed by atoms with van der Waals surface area (Å²) in [6, 6.07) is 1.78. The van der Waals surface area contributed by atoms with Gasteiger partial charge in [-0.25, -0.2) is 0 Å². The Bertz CT molecular complexity index is 328. The largest absolute Gasteiger partial charge is 0.491 e. The van der Waals surface area contributed by atoms with Crippen LogP contribution >= 0.6 is 0 Å². The van der Waals surface area contributed by atoms with Crippen molar-refractivity contribution in [3.8, 4) is 5.75 Å². The van der Waals surface area contributed by atoms with Crippen LogP contribution in [0.5, 0.6) is 5.75 Å². The van der Waals surface area contributed by atoms with Crippen molar-refractivity contribution in [1.82, 2.24) is 4.98 Å². The smallest absolute Gasteiger partial charge is 0.220 e. The number of nitrogens with two attached hydrogens (primary N) is 1. The molecule has 5 nitrogen and oxygen atoms in total. The second-order valence-electron chi connectivity index (χ2n) is 3.07. The van der Waals surface area contributed by atoms with Crippen molar-refractivity contribution in [2.75, 3.05) is 13.2 Å². The van der Waals surface area contributed by atoms with Gasteiger partial charge < -0.3 is 15.6 Å². The Hall–Kier alpha value is -1.62. The Labute approximate surface area is 87.9 Å². The lowest BCUT2D eigenvalue weighted by Crippen LogP contribution is -2.14. The van der Waals surface area contributed by atoms with E-state index >= 15 is 0 Å². The third-order valence-corrected chi connectivity index (χ3v) is 1.79. The molecule has 15 heavy (non-hydrogen) atoms. The highest BCUT2D eigenvalue weighted by Crippen LogP contribution is 2.11. The molecule has 0 unspecified atom stereocenters. The van der Waals surface area contributed by atoms with E-state index in [0.29, 0.717) is 12.2 Å². The zero-order chi connectivity index (χ0) is 11.1. The van der Waals surface area contributed by atoms with E-state index in [0.717, 1.165) is 5.56 Å². The number of aliphatic hydroxyl groups is 1. The SMILES string of the molecule is NC(=O)CCOc1cncc(CCO)c1. The summed E-state index contributed by atoms with van der Waals surface area (Å²) in [5, 5.41) is 8.73. The minimum absolute atomic E-state index is 0.0758. The molecular formula is C10H14N2O3. The van der Waals surface area contributed by atoms with E-state index in [2.05, 4.69) is 4.98 Å². The monoisotopic (exact) mass is 210 g/mol. The van der Waals surface area contributed by atoms with E-state index in [9.17, 15) is 4.79 Å². The normalized spacial score (nSPS) is 9.93. The van der Waals surface area contributed by atoms with Gasteiger partial charge in [0.2, 0.25) is 5.91 Å². The van der Waals surface area contributed by atoms with E-state index < -0.39 is 5.91 Å². The lowest BCUT2D eigenvalue weighted by atomic mass is 10.2. The van der Waals surface area contributed by atoms with Gasteiger partial charge in [-0.05, 0) is 18.1 Å². The molecule has 1 heterocycles. The molecule has 0 radical (unpaired) electrons. The van der Waals surface area contributed by atoms with Crippen LogP contribution in [0.1, 0.15) is 12.0 Å². The summed E-state index contributed by atoms with van der Waals surface area (Å²) in [4.78, 5) is 14.4. The summed E-state index contributed by atoms with van der Waals surface area (Å²) in [6.45, 7) is 0.325. The minimum Gasteiger partial charge on any atom is -0.491 e. The number of aromatic nitrogens is 1. The quantitative estimate of drug-likeness (QED) is 0.685. The summed E-state index contributed by atoms with van der Waals surface area (Å²) in [5.41, 5.74) is 5.86. The zero-order valence-corrected chi connectivity index (χ0v) is 8.35. The number of nitrogens with zero attached hydrogens (tertiary/aromatic N) is 1. The van der Waals surface area contributed by atoms with Gasteiger partial charge in [0.05, 0.1) is 19.2 Å². The van der Waals surface area contributed by atoms with Crippen molar-refractivity contribution in [3.05, 3.63) is 24.0 Å². The number of hydrogen-bond donors (Lipinski definition) is 2. The van der Waals surface area contributed by atoms with Crippen molar-refractivity contribution in [2.24, 2.45) is 5.73 Å². The van der Waals surface area contributed by atoms with Crippen molar-refractivity contribution in [1.29, 1.82) is 0 Å². The van der Waals surface area contributed by atoms with Crippen LogP contribution in [-0.2, 0) is 11.2 Å². The summed E-state index contributed by atoms with van der Waals surface area (Å²) < 4.78 is 5.26. The van der Waals surface area contributed by atoms with Gasteiger partial charge in [-0.3, -0.25) is 9.78 Å². The molecule has 0 aliphatic carbocycles. The van der Waals surface area contributed by atoms with Gasteiger partial charge in [-0.2, -0.15) is 0 Å². The average Bonchev–Trinajstić information content (AvgIpc) is 2.18. The van der Waals surface area contributed by atoms with E-state index in [4.69, 9.17) is 15.6 Å². The Morgan fingerprint density at radius 2 is 2.33 bits per heavy atom. The second kappa shape index (κ2) is 5.98. The Morgan fingerprint density at radius 3 is 3.00 bits per heavy atom. The van der Waals surface area contributed by atoms with E-state index in [1.165, 1.54) is 0 Å². The molecule has 0 aromatic carbocycles. The molecule has 0 spiro atoms. The van der Waals surface area contributed by atoms with Crippen molar-refractivity contribution in [3.63, 3.8) is 0 Å². The summed E-state index contributed by atoms with van der Waals surface area (Å²) in [7, 11) is 0. The van der Waals surface area contributed by atoms with Crippen molar-refractivity contribution >= 4 is 5.91 Å². The van der Waals surface area contributed by atoms with E-state index in [-0.39, 0.29) is 19.6 Å². The number of carbonyl (C=O) groups is 1. The average molecular weight is 210 g/mol. The molecule has 0 bridgehead atoms. The van der Waals surface area contributed by atoms with Gasteiger partial charge in [-0.15, -0.1) is 0 Å². The Balaban J connectivity index is 2.46. The van der Waals surface area contributed by atoms with Crippen LogP contribution in [0, 0.1) is 0 Å². The fraction of sp³-hybridized carbons (Fsp3) is 0.400. The molecule has 1 aromatic heterocycles. The molecule has 0 saturated heterocycles. The molecule has 82 valence electrons. The second-order valence-corrected chi connectivity index (χ2v) is 3.07. The minimum atomic E-state index is -0.394. The van der Waals surface area contributed by atoms with Gasteiger partial charge in [0.15, 0.2) is 0 Å². The Morgan fingerprint density at radius 1 is 1.53 bits per heavy atom. The summed E-state index contributed by atoms with van der Waals surface area (Å²) >= 11 is 0. The van der Waals surface area contributed by atoms with Crippen LogP contribution in [0.4, 0.5) is 0 Å². The van der Waals surface area contributed by atoms with E-state index in [1.807, 2.05) is 0 Å². The standard InChI is InChI=1S/C10H14N2O3/c11-10(14)2-4-15-9-5-8(1-3-13)6-12-7-9/h5-7,13H,1-4H2,(H2,11,14). The molecule has 0 aliphatic heterocycles. The molecule has 0 saturated carbocycles. The lowest BCUT2D eigenvalue weighted by Gasteiger charge is -2.05. The predicted octanol–water partition coefficient (Wildman–Crippen LogP) is -0.129. The molecule has 5 heteroatoms.